The van der Waals surface area contributed by atoms with Gasteiger partial charge in [0, 0.05) is 57.6 Å². The molecule has 10 nitrogen and oxygen atoms in total. The van der Waals surface area contributed by atoms with Crippen molar-refractivity contribution in [1.29, 1.82) is 0 Å². The Kier molecular flexibility index (Phi) is 6.99. The second kappa shape index (κ2) is 10.2. The first-order valence-electron chi connectivity index (χ1n) is 12.4. The highest BCUT2D eigenvalue weighted by atomic mass is 32.2. The number of aryl methyl sites for hydroxylation is 1. The van der Waals surface area contributed by atoms with Gasteiger partial charge in [-0.25, -0.2) is 22.2 Å². The highest BCUT2D eigenvalue weighted by molar-refractivity contribution is 7.89. The van der Waals surface area contributed by atoms with Crippen molar-refractivity contribution in [2.75, 3.05) is 64.6 Å². The molecule has 1 fully saturated rings. The number of benzene rings is 2. The average Bonchev–Trinajstić information content (AvgIpc) is 3.32. The van der Waals surface area contributed by atoms with Crippen LogP contribution in [-0.4, -0.2) is 86.7 Å². The first-order valence-corrected chi connectivity index (χ1v) is 13.9. The van der Waals surface area contributed by atoms with Crippen LogP contribution >= 0.6 is 0 Å². The summed E-state index contributed by atoms with van der Waals surface area (Å²) in [4.78, 5) is 9.40. The predicted molar refractivity (Wildman–Crippen MR) is 150 cm³/mol. The van der Waals surface area contributed by atoms with Crippen molar-refractivity contribution < 1.29 is 13.2 Å². The first-order chi connectivity index (χ1) is 18.2. The Morgan fingerprint density at radius 3 is 2.47 bits per heavy atom. The number of hydrogen-bond acceptors (Lipinski definition) is 8. The van der Waals surface area contributed by atoms with E-state index in [4.69, 9.17) is 9.84 Å². The molecule has 38 heavy (non-hydrogen) atoms. The molecule has 1 aliphatic heterocycles. The molecular formula is C27H33N7O3S. The third-order valence-corrected chi connectivity index (χ3v) is 8.77. The normalized spacial score (nSPS) is 14.8. The lowest BCUT2D eigenvalue weighted by Crippen LogP contribution is -2.44. The molecule has 0 aliphatic carbocycles. The van der Waals surface area contributed by atoms with E-state index >= 15 is 0 Å². The molecule has 0 saturated carbocycles. The minimum Gasteiger partial charge on any atom is -0.494 e. The highest BCUT2D eigenvalue weighted by Gasteiger charge is 2.20. The van der Waals surface area contributed by atoms with Crippen molar-refractivity contribution in [3.63, 3.8) is 0 Å². The topological polar surface area (TPSA) is 95.3 Å². The molecule has 0 unspecified atom stereocenters. The number of fused-ring (bicyclic) bond motifs is 1. The molecule has 1 N–H and O–H groups in total. The maximum atomic E-state index is 12.8. The van der Waals surface area contributed by atoms with E-state index in [1.54, 1.807) is 30.0 Å². The van der Waals surface area contributed by atoms with E-state index in [1.807, 2.05) is 37.3 Å². The summed E-state index contributed by atoms with van der Waals surface area (Å²) in [6, 6.07) is 15.1. The van der Waals surface area contributed by atoms with Gasteiger partial charge in [0.25, 0.3) is 0 Å². The summed E-state index contributed by atoms with van der Waals surface area (Å²) in [5, 5.41) is 8.02. The van der Waals surface area contributed by atoms with Gasteiger partial charge in [-0.1, -0.05) is 6.07 Å². The van der Waals surface area contributed by atoms with Crippen LogP contribution < -0.4 is 15.0 Å². The second-order valence-corrected chi connectivity index (χ2v) is 11.9. The number of nitrogens with zero attached hydrogens (tertiary/aromatic N) is 6. The lowest BCUT2D eigenvalue weighted by molar-refractivity contribution is 0.312. The van der Waals surface area contributed by atoms with Gasteiger partial charge in [-0.3, -0.25) is 0 Å². The van der Waals surface area contributed by atoms with E-state index in [0.717, 1.165) is 59.9 Å². The third-order valence-electron chi connectivity index (χ3n) is 6.96. The summed E-state index contributed by atoms with van der Waals surface area (Å²) in [7, 11) is 3.27. The van der Waals surface area contributed by atoms with E-state index in [-0.39, 0.29) is 4.90 Å². The quantitative estimate of drug-likeness (QED) is 0.385. The molecule has 2 aromatic heterocycles. The molecule has 0 bridgehead atoms. The van der Waals surface area contributed by atoms with Crippen LogP contribution in [0.1, 0.15) is 5.56 Å². The molecule has 5 rings (SSSR count). The zero-order valence-electron chi connectivity index (χ0n) is 22.3. The largest absolute Gasteiger partial charge is 0.494 e. The van der Waals surface area contributed by atoms with Gasteiger partial charge in [0.1, 0.15) is 5.75 Å². The minimum absolute atomic E-state index is 0.232. The van der Waals surface area contributed by atoms with Crippen LogP contribution in [0.15, 0.2) is 59.6 Å². The van der Waals surface area contributed by atoms with E-state index in [0.29, 0.717) is 11.7 Å². The number of hydrogen-bond donors (Lipinski definition) is 1. The Morgan fingerprint density at radius 2 is 1.76 bits per heavy atom. The van der Waals surface area contributed by atoms with Crippen LogP contribution in [0.3, 0.4) is 0 Å². The van der Waals surface area contributed by atoms with Crippen molar-refractivity contribution in [3.05, 3.63) is 60.3 Å². The fraction of sp³-hybridized carbons (Fsp3) is 0.333. The number of sulfonamides is 1. The van der Waals surface area contributed by atoms with Gasteiger partial charge >= 0.3 is 0 Å². The SMILES string of the molecule is COc1cc(N2CCN(C)CC2)ccc1Nc1ncc2ccc(-c3cc(S(=O)(=O)N(C)C)ccc3C)n2n1. The second-order valence-electron chi connectivity index (χ2n) is 9.70. The van der Waals surface area contributed by atoms with Crippen molar-refractivity contribution in [2.45, 2.75) is 11.8 Å². The standard InChI is InChI=1S/C27H33N7O3S/c1-19-6-9-22(38(35,36)31(2)3)17-23(19)25-11-8-21-18-28-27(30-34(21)25)29-24-10-7-20(16-26(24)37-5)33-14-12-32(4)13-15-33/h6-11,16-18H,12-15H2,1-5H3,(H,29,30). The maximum absolute atomic E-state index is 12.8. The summed E-state index contributed by atoms with van der Waals surface area (Å²) < 4.78 is 34.2. The van der Waals surface area contributed by atoms with Crippen LogP contribution in [0, 0.1) is 6.92 Å². The lowest BCUT2D eigenvalue weighted by Gasteiger charge is -2.34. The number of methoxy groups -OCH3 is 1. The molecule has 0 atom stereocenters. The zero-order valence-corrected chi connectivity index (χ0v) is 23.2. The number of nitrogens with one attached hydrogen (secondary N) is 1. The first kappa shape index (κ1) is 26.0. The zero-order chi connectivity index (χ0) is 27.0. The molecule has 0 spiro atoms. The Hall–Kier alpha value is -3.67. The molecule has 2 aromatic carbocycles. The van der Waals surface area contributed by atoms with Crippen molar-refractivity contribution in [3.8, 4) is 17.0 Å². The average molecular weight is 536 g/mol. The van der Waals surface area contributed by atoms with Gasteiger partial charge < -0.3 is 19.9 Å². The molecule has 1 saturated heterocycles. The minimum atomic E-state index is -3.57. The smallest absolute Gasteiger partial charge is 0.245 e. The fourth-order valence-corrected chi connectivity index (χ4v) is 5.50. The monoisotopic (exact) mass is 535 g/mol. The van der Waals surface area contributed by atoms with Gasteiger partial charge in [-0.05, 0) is 55.9 Å². The summed E-state index contributed by atoms with van der Waals surface area (Å²) in [5.41, 5.74) is 5.17. The van der Waals surface area contributed by atoms with Crippen LogP contribution in [0.2, 0.25) is 0 Å². The van der Waals surface area contributed by atoms with Crippen LogP contribution in [0.4, 0.5) is 17.3 Å². The van der Waals surface area contributed by atoms with Gasteiger partial charge in [0.2, 0.25) is 16.0 Å². The lowest BCUT2D eigenvalue weighted by atomic mass is 10.1. The number of anilines is 3. The molecule has 3 heterocycles. The number of ether oxygens (including phenoxy) is 1. The van der Waals surface area contributed by atoms with Crippen LogP contribution in [0.25, 0.3) is 16.8 Å². The van der Waals surface area contributed by atoms with Crippen molar-refractivity contribution in [2.24, 2.45) is 0 Å². The maximum Gasteiger partial charge on any atom is 0.245 e. The number of aromatic nitrogens is 3. The van der Waals surface area contributed by atoms with Crippen LogP contribution in [-0.2, 0) is 10.0 Å². The molecule has 4 aromatic rings. The molecule has 0 radical (unpaired) electrons. The van der Waals surface area contributed by atoms with Gasteiger partial charge in [-0.2, -0.15) is 0 Å². The Balaban J connectivity index is 1.47. The van der Waals surface area contributed by atoms with Crippen molar-refractivity contribution in [1.82, 2.24) is 23.8 Å². The summed E-state index contributed by atoms with van der Waals surface area (Å²) >= 11 is 0. The predicted octanol–water partition coefficient (Wildman–Crippen LogP) is 3.46. The third kappa shape index (κ3) is 4.92. The molecular weight excluding hydrogens is 502 g/mol. The molecule has 0 amide bonds. The highest BCUT2D eigenvalue weighted by Crippen LogP contribution is 2.33. The van der Waals surface area contributed by atoms with Gasteiger partial charge in [0.15, 0.2) is 0 Å². The number of likely N-dealkylation sites (N-methyl/N-ethyl adjacent to an activating group) is 1. The van der Waals surface area contributed by atoms with Gasteiger partial charge in [0.05, 0.1) is 35.1 Å². The van der Waals surface area contributed by atoms with Crippen molar-refractivity contribution >= 4 is 32.9 Å². The van der Waals surface area contributed by atoms with E-state index in [2.05, 4.69) is 33.2 Å². The summed E-state index contributed by atoms with van der Waals surface area (Å²) in [5.74, 6) is 1.10. The Morgan fingerprint density at radius 1 is 1.00 bits per heavy atom. The molecule has 200 valence electrons. The number of piperazine rings is 1. The summed E-state index contributed by atoms with van der Waals surface area (Å²) in [6.45, 7) is 5.95. The van der Waals surface area contributed by atoms with Gasteiger partial charge in [-0.15, -0.1) is 5.10 Å². The number of rotatable bonds is 7. The van der Waals surface area contributed by atoms with Crippen LogP contribution in [0.5, 0.6) is 5.75 Å². The molecule has 11 heteroatoms. The van der Waals surface area contributed by atoms with E-state index in [9.17, 15) is 8.42 Å². The van der Waals surface area contributed by atoms with E-state index < -0.39 is 10.0 Å². The Labute approximate surface area is 223 Å². The Bertz CT molecular complexity index is 1580. The summed E-state index contributed by atoms with van der Waals surface area (Å²) in [6.07, 6.45) is 1.74. The molecule has 1 aliphatic rings. The van der Waals surface area contributed by atoms with E-state index in [1.165, 1.54) is 18.4 Å². The fourth-order valence-electron chi connectivity index (χ4n) is 4.58.